The van der Waals surface area contributed by atoms with E-state index in [4.69, 9.17) is 37.4 Å². The van der Waals surface area contributed by atoms with Gasteiger partial charge in [0.15, 0.2) is 17.6 Å². The standard InChI is InChI=1S/C28H25Cl2NO6/c1-35-23-4-2-3-5-24(23)36-22-12-10-21(11-13-22)31-17-19(16-26(31)32)28(34)37-25(14-15-29)27(33)18-6-8-20(30)9-7-18/h2-13,19,25H,14-17H2,1H3/t19-,25-/m0/s1. The number of hydrogen-bond donors (Lipinski definition) is 0. The van der Waals surface area contributed by atoms with Crippen LogP contribution in [0.2, 0.25) is 5.02 Å². The number of ketones is 1. The summed E-state index contributed by atoms with van der Waals surface area (Å²) in [5, 5.41) is 0.492. The highest BCUT2D eigenvalue weighted by molar-refractivity contribution is 6.30. The van der Waals surface area contributed by atoms with E-state index < -0.39 is 18.0 Å². The van der Waals surface area contributed by atoms with Crippen LogP contribution < -0.4 is 14.4 Å². The predicted octanol–water partition coefficient (Wildman–Crippen LogP) is 5.92. The van der Waals surface area contributed by atoms with Crippen molar-refractivity contribution >= 4 is 46.5 Å². The van der Waals surface area contributed by atoms with E-state index >= 15 is 0 Å². The Hall–Kier alpha value is -3.55. The number of carbonyl (C=O) groups excluding carboxylic acids is 3. The van der Waals surface area contributed by atoms with Gasteiger partial charge in [0.25, 0.3) is 0 Å². The number of carbonyl (C=O) groups is 3. The second-order valence-electron chi connectivity index (χ2n) is 8.43. The minimum Gasteiger partial charge on any atom is -0.493 e. The van der Waals surface area contributed by atoms with Crippen molar-refractivity contribution in [1.29, 1.82) is 0 Å². The van der Waals surface area contributed by atoms with E-state index in [0.29, 0.717) is 33.5 Å². The number of anilines is 1. The van der Waals surface area contributed by atoms with Gasteiger partial charge in [-0.05, 0) is 60.7 Å². The maximum absolute atomic E-state index is 12.9. The second kappa shape index (κ2) is 12.1. The molecule has 0 radical (unpaired) electrons. The number of ether oxygens (including phenoxy) is 3. The summed E-state index contributed by atoms with van der Waals surface area (Å²) in [6, 6.07) is 20.6. The molecule has 0 aliphatic carbocycles. The van der Waals surface area contributed by atoms with Gasteiger partial charge in [0.05, 0.1) is 13.0 Å². The molecule has 3 aromatic rings. The van der Waals surface area contributed by atoms with Crippen LogP contribution in [0.25, 0.3) is 0 Å². The molecule has 1 saturated heterocycles. The molecule has 192 valence electrons. The smallest absolute Gasteiger partial charge is 0.312 e. The fourth-order valence-corrected chi connectivity index (χ4v) is 4.34. The maximum atomic E-state index is 12.9. The van der Waals surface area contributed by atoms with E-state index in [9.17, 15) is 14.4 Å². The highest BCUT2D eigenvalue weighted by Gasteiger charge is 2.38. The number of halogens is 2. The summed E-state index contributed by atoms with van der Waals surface area (Å²) in [6.45, 7) is 0.146. The molecule has 1 aliphatic rings. The van der Waals surface area contributed by atoms with Crippen LogP contribution in [0.15, 0.2) is 72.8 Å². The molecule has 37 heavy (non-hydrogen) atoms. The van der Waals surface area contributed by atoms with Gasteiger partial charge >= 0.3 is 5.97 Å². The fraction of sp³-hybridized carbons (Fsp3) is 0.250. The summed E-state index contributed by atoms with van der Waals surface area (Å²) in [6.07, 6.45) is -0.893. The van der Waals surface area contributed by atoms with Gasteiger partial charge in [-0.25, -0.2) is 0 Å². The average molecular weight is 542 g/mol. The van der Waals surface area contributed by atoms with Gasteiger partial charge in [-0.15, -0.1) is 11.6 Å². The summed E-state index contributed by atoms with van der Waals surface area (Å²) in [5.41, 5.74) is 0.995. The summed E-state index contributed by atoms with van der Waals surface area (Å²) < 4.78 is 16.7. The third kappa shape index (κ3) is 6.42. The number of para-hydroxylation sites is 2. The fourth-order valence-electron chi connectivity index (χ4n) is 4.02. The van der Waals surface area contributed by atoms with Gasteiger partial charge in [-0.2, -0.15) is 0 Å². The lowest BCUT2D eigenvalue weighted by atomic mass is 10.0. The molecule has 0 saturated carbocycles. The molecular formula is C28H25Cl2NO6. The van der Waals surface area contributed by atoms with E-state index in [2.05, 4.69) is 0 Å². The predicted molar refractivity (Wildman–Crippen MR) is 141 cm³/mol. The molecule has 9 heteroatoms. The number of esters is 1. The first-order valence-corrected chi connectivity index (χ1v) is 12.6. The van der Waals surface area contributed by atoms with Crippen LogP contribution in [0.5, 0.6) is 17.2 Å². The van der Waals surface area contributed by atoms with E-state index in [1.165, 1.54) is 4.90 Å². The number of Topliss-reactive ketones (excluding diaryl/α,β-unsaturated/α-hetero) is 1. The summed E-state index contributed by atoms with van der Waals surface area (Å²) in [4.78, 5) is 40.0. The van der Waals surface area contributed by atoms with Crippen molar-refractivity contribution in [2.75, 3.05) is 24.4 Å². The molecule has 0 bridgehead atoms. The van der Waals surface area contributed by atoms with Gasteiger partial charge in [-0.1, -0.05) is 23.7 Å². The Balaban J connectivity index is 1.40. The van der Waals surface area contributed by atoms with E-state index in [1.807, 2.05) is 12.1 Å². The van der Waals surface area contributed by atoms with E-state index in [1.54, 1.807) is 67.8 Å². The van der Waals surface area contributed by atoms with Gasteiger partial charge < -0.3 is 19.1 Å². The Bertz CT molecular complexity index is 1260. The number of methoxy groups -OCH3 is 1. The molecule has 0 unspecified atom stereocenters. The van der Waals surface area contributed by atoms with Crippen molar-refractivity contribution in [2.45, 2.75) is 18.9 Å². The van der Waals surface area contributed by atoms with Crippen LogP contribution in [0.3, 0.4) is 0 Å². The van der Waals surface area contributed by atoms with Crippen LogP contribution in [0, 0.1) is 5.92 Å². The minimum atomic E-state index is -1.04. The monoisotopic (exact) mass is 541 g/mol. The third-order valence-corrected chi connectivity index (χ3v) is 6.42. The molecule has 1 fully saturated rings. The van der Waals surface area contributed by atoms with Gasteiger partial charge in [0, 0.05) is 41.5 Å². The molecule has 1 heterocycles. The first-order valence-electron chi connectivity index (χ1n) is 11.7. The second-order valence-corrected chi connectivity index (χ2v) is 9.24. The highest BCUT2D eigenvalue weighted by Crippen LogP contribution is 2.33. The van der Waals surface area contributed by atoms with Crippen LogP contribution >= 0.6 is 23.2 Å². The normalized spacial score (nSPS) is 15.8. The Kier molecular flexibility index (Phi) is 8.69. The Morgan fingerprint density at radius 3 is 2.32 bits per heavy atom. The molecule has 1 amide bonds. The number of rotatable bonds is 10. The Morgan fingerprint density at radius 1 is 1.00 bits per heavy atom. The largest absolute Gasteiger partial charge is 0.493 e. The van der Waals surface area contributed by atoms with Gasteiger partial charge in [0.1, 0.15) is 5.75 Å². The summed E-state index contributed by atoms with van der Waals surface area (Å²) in [5.74, 6) is -0.00776. The van der Waals surface area contributed by atoms with E-state index in [-0.39, 0.29) is 37.0 Å². The van der Waals surface area contributed by atoms with E-state index in [0.717, 1.165) is 0 Å². The lowest BCUT2D eigenvalue weighted by Crippen LogP contribution is -2.32. The zero-order valence-electron chi connectivity index (χ0n) is 20.1. The molecular weight excluding hydrogens is 517 g/mol. The molecule has 2 atom stereocenters. The quantitative estimate of drug-likeness (QED) is 0.180. The van der Waals surface area contributed by atoms with Crippen LogP contribution in [-0.4, -0.2) is 43.3 Å². The Labute approximate surface area is 224 Å². The number of hydrogen-bond acceptors (Lipinski definition) is 6. The van der Waals surface area contributed by atoms with Crippen molar-refractivity contribution in [3.63, 3.8) is 0 Å². The molecule has 3 aromatic carbocycles. The van der Waals surface area contributed by atoms with Crippen molar-refractivity contribution in [2.24, 2.45) is 5.92 Å². The SMILES string of the molecule is COc1ccccc1Oc1ccc(N2C[C@@H](C(=O)O[C@@H](CCCl)C(=O)c3ccc(Cl)cc3)CC2=O)cc1. The minimum absolute atomic E-state index is 0.0129. The number of alkyl halides is 1. The highest BCUT2D eigenvalue weighted by atomic mass is 35.5. The van der Waals surface area contributed by atoms with Crippen LogP contribution in [-0.2, 0) is 14.3 Å². The molecule has 1 aliphatic heterocycles. The van der Waals surface area contributed by atoms with Crippen LogP contribution in [0.1, 0.15) is 23.2 Å². The Morgan fingerprint density at radius 2 is 1.68 bits per heavy atom. The first-order chi connectivity index (χ1) is 17.9. The maximum Gasteiger partial charge on any atom is 0.312 e. The molecule has 0 spiro atoms. The lowest BCUT2D eigenvalue weighted by Gasteiger charge is -2.19. The number of benzene rings is 3. The zero-order chi connectivity index (χ0) is 26.4. The number of nitrogens with zero attached hydrogens (tertiary/aromatic N) is 1. The molecule has 7 nitrogen and oxygen atoms in total. The summed E-state index contributed by atoms with van der Waals surface area (Å²) >= 11 is 11.8. The van der Waals surface area contributed by atoms with Gasteiger partial charge in [-0.3, -0.25) is 14.4 Å². The summed E-state index contributed by atoms with van der Waals surface area (Å²) in [7, 11) is 1.57. The molecule has 4 rings (SSSR count). The van der Waals surface area contributed by atoms with Crippen molar-refractivity contribution in [3.8, 4) is 17.2 Å². The van der Waals surface area contributed by atoms with Crippen molar-refractivity contribution < 1.29 is 28.6 Å². The lowest BCUT2D eigenvalue weighted by molar-refractivity contribution is -0.151. The molecule has 0 aromatic heterocycles. The topological polar surface area (TPSA) is 82.1 Å². The van der Waals surface area contributed by atoms with Crippen molar-refractivity contribution in [3.05, 3.63) is 83.4 Å². The van der Waals surface area contributed by atoms with Crippen molar-refractivity contribution in [1.82, 2.24) is 0 Å². The zero-order valence-corrected chi connectivity index (χ0v) is 21.6. The average Bonchev–Trinajstić information content (AvgIpc) is 3.31. The van der Waals surface area contributed by atoms with Crippen LogP contribution in [0.4, 0.5) is 5.69 Å². The third-order valence-electron chi connectivity index (χ3n) is 5.95. The first kappa shape index (κ1) is 26.5. The number of amides is 1. The molecule has 0 N–H and O–H groups in total. The van der Waals surface area contributed by atoms with Gasteiger partial charge in [0.2, 0.25) is 11.7 Å².